The Kier molecular flexibility index (Phi) is 5.36. The quantitative estimate of drug-likeness (QED) is 0.323. The van der Waals surface area contributed by atoms with E-state index in [1.807, 2.05) is 13.4 Å². The molecule has 0 aliphatic carbocycles. The average Bonchev–Trinajstić information content (AvgIpc) is 1.61. The molecule has 0 spiro atoms. The molecule has 0 bridgehead atoms. The van der Waals surface area contributed by atoms with Gasteiger partial charge in [-0.25, -0.2) is 0 Å². The van der Waals surface area contributed by atoms with Gasteiger partial charge in [0.25, 0.3) is 0 Å². The Morgan fingerprint density at radius 2 is 2.00 bits per heavy atom. The van der Waals surface area contributed by atoms with E-state index in [2.05, 4.69) is 13.8 Å². The molecule has 0 saturated heterocycles. The first-order valence-corrected chi connectivity index (χ1v) is 1.82. The van der Waals surface area contributed by atoms with Crippen LogP contribution in [-0.2, 0) is 0 Å². The minimum absolute atomic E-state index is 1.71. The van der Waals surface area contributed by atoms with E-state index in [0.29, 0.717) is 0 Å². The summed E-state index contributed by atoms with van der Waals surface area (Å²) < 4.78 is 0. The summed E-state index contributed by atoms with van der Waals surface area (Å²) in [7, 11) is 3.46. The molecule has 0 radical (unpaired) electrons. The van der Waals surface area contributed by atoms with Crippen molar-refractivity contribution in [2.24, 2.45) is 0 Å². The third-order valence-corrected chi connectivity index (χ3v) is 0.383. The third-order valence-electron chi connectivity index (χ3n) is 0.383. The normalized spacial score (nSPS) is 4.50. The fraction of sp³-hybridized carbons (Fsp3) is 0. The van der Waals surface area contributed by atoms with Crippen molar-refractivity contribution in [1.29, 1.82) is 0 Å². The molecule has 0 aromatic rings. The monoisotopic (exact) mass is 70.1 g/mol. The molecule has 0 amide bonds. The van der Waals surface area contributed by atoms with Crippen molar-refractivity contribution in [2.45, 2.75) is 0 Å². The van der Waals surface area contributed by atoms with Gasteiger partial charge < -0.3 is 0 Å². The number of hydrogen-bond donors (Lipinski definition) is 0. The van der Waals surface area contributed by atoms with Gasteiger partial charge in [0, 0.05) is 0 Å². The fourth-order valence-electron chi connectivity index (χ4n) is 0.157. The molecule has 0 aliphatic rings. The first-order valence-electron chi connectivity index (χ1n) is 1.82. The van der Waals surface area contributed by atoms with Crippen LogP contribution in [0.15, 0.2) is 0 Å². The second-order valence-electron chi connectivity index (χ2n) is 0.856. The summed E-state index contributed by atoms with van der Waals surface area (Å²) in [6, 6.07) is 0. The molecule has 0 N–H and O–H groups in total. The van der Waals surface area contributed by atoms with Gasteiger partial charge in [0.15, 0.2) is 0 Å². The van der Waals surface area contributed by atoms with Crippen molar-refractivity contribution in [2.75, 3.05) is 0 Å². The molecular weight excluding hydrogens is 66.1 g/mol. The molecule has 0 saturated carbocycles. The molecule has 0 aliphatic heterocycles. The Bertz CT molecular complexity index is 62.0. The average molecular weight is 69.1 g/mol. The van der Waals surface area contributed by atoms with Gasteiger partial charge in [-0.15, -0.1) is 0 Å². The van der Waals surface area contributed by atoms with Gasteiger partial charge in [-0.05, 0) is 0 Å². The van der Waals surface area contributed by atoms with Crippen LogP contribution in [-0.4, -0.2) is 40.7 Å². The molecule has 6 heavy (non-hydrogen) atoms. The van der Waals surface area contributed by atoms with E-state index < -0.39 is 0 Å². The van der Waals surface area contributed by atoms with Crippen LogP contribution in [0.5, 0.6) is 0 Å². The van der Waals surface area contributed by atoms with Gasteiger partial charge in [-0.1, -0.05) is 0 Å². The summed E-state index contributed by atoms with van der Waals surface area (Å²) in [6.07, 6.45) is 0. The van der Waals surface area contributed by atoms with Crippen LogP contribution in [0.2, 0.25) is 0 Å². The van der Waals surface area contributed by atoms with Crippen LogP contribution in [0.25, 0.3) is 0 Å². The molecule has 5 heteroatoms. The van der Waals surface area contributed by atoms with Gasteiger partial charge in [0.1, 0.15) is 0 Å². The van der Waals surface area contributed by atoms with E-state index in [4.69, 9.17) is 0 Å². The summed E-state index contributed by atoms with van der Waals surface area (Å²) in [5.74, 6) is 0. The van der Waals surface area contributed by atoms with Crippen molar-refractivity contribution in [1.82, 2.24) is 0 Å². The molecule has 0 aromatic carbocycles. The second-order valence-corrected chi connectivity index (χ2v) is 0.856. The number of rotatable bonds is 2. The topological polar surface area (TPSA) is 0 Å². The molecule has 0 atom stereocenters. The molecule has 0 nitrogen and oxygen atoms in total. The van der Waals surface area contributed by atoms with Crippen molar-refractivity contribution in [3.05, 3.63) is 0 Å². The van der Waals surface area contributed by atoms with Crippen LogP contribution in [0.4, 0.5) is 0 Å². The van der Waals surface area contributed by atoms with Crippen molar-refractivity contribution in [3.63, 3.8) is 0 Å². The van der Waals surface area contributed by atoms with Gasteiger partial charge in [-0.3, -0.25) is 0 Å². The van der Waals surface area contributed by atoms with E-state index >= 15 is 0 Å². The molecule has 22 valence electrons. The van der Waals surface area contributed by atoms with Crippen LogP contribution >= 0.6 is 0 Å². The van der Waals surface area contributed by atoms with E-state index in [0.717, 1.165) is 0 Å². The minimum atomic E-state index is 1.71. The molecule has 0 unspecified atom stereocenters. The van der Waals surface area contributed by atoms with Gasteiger partial charge in [-0.2, -0.15) is 0 Å². The summed E-state index contributed by atoms with van der Waals surface area (Å²) in [6.45, 7) is 10.5. The Balaban J connectivity index is 3.17. The summed E-state index contributed by atoms with van der Waals surface area (Å²) >= 11 is 0. The van der Waals surface area contributed by atoms with E-state index in [1.165, 1.54) is 0 Å². The Morgan fingerprint density at radius 1 is 1.33 bits per heavy atom. The summed E-state index contributed by atoms with van der Waals surface area (Å²) in [5, 5.41) is 0. The van der Waals surface area contributed by atoms with E-state index in [9.17, 15) is 0 Å². The second kappa shape index (κ2) is 5.19. The zero-order valence-electron chi connectivity index (χ0n) is 3.72. The van der Waals surface area contributed by atoms with Gasteiger partial charge in [0.2, 0.25) is 0 Å². The molecular formula is CH3B5. The van der Waals surface area contributed by atoms with Gasteiger partial charge >= 0.3 is 40.7 Å². The van der Waals surface area contributed by atoms with Crippen molar-refractivity contribution in [3.8, 4) is 0 Å². The standard InChI is InChI=1S/CH3B5/c1-3-5-6-4-2/h2H,1H2. The first kappa shape index (κ1) is 6.19. The zero-order chi connectivity index (χ0) is 4.83. The third kappa shape index (κ3) is 4.19. The fourth-order valence-corrected chi connectivity index (χ4v) is 0.157. The SMILES string of the molecule is B=BB=BB=C. The first-order chi connectivity index (χ1) is 2.91. The Labute approximate surface area is 41.6 Å². The molecule has 0 rings (SSSR count). The molecule has 0 aromatic heterocycles. The van der Waals surface area contributed by atoms with E-state index in [-0.39, 0.29) is 0 Å². The molecule has 0 heterocycles. The molecule has 0 fully saturated rings. The van der Waals surface area contributed by atoms with E-state index in [1.54, 1.807) is 13.5 Å². The zero-order valence-corrected chi connectivity index (χ0v) is 3.72. The van der Waals surface area contributed by atoms with Gasteiger partial charge in [0.05, 0.1) is 0 Å². The van der Waals surface area contributed by atoms with Crippen molar-refractivity contribution >= 4 is 40.7 Å². The summed E-state index contributed by atoms with van der Waals surface area (Å²) in [5.41, 5.74) is 0. The van der Waals surface area contributed by atoms with Crippen LogP contribution in [0.1, 0.15) is 0 Å². The van der Waals surface area contributed by atoms with Crippen LogP contribution in [0.3, 0.4) is 0 Å². The Hall–Kier alpha value is 0.195. The maximum atomic E-state index is 3.46. The van der Waals surface area contributed by atoms with Crippen molar-refractivity contribution < 1.29 is 0 Å². The predicted molar refractivity (Wildman–Crippen MR) is 37.3 cm³/mol. The maximum absolute atomic E-state index is 3.46. The van der Waals surface area contributed by atoms with Crippen LogP contribution < -0.4 is 0 Å². The van der Waals surface area contributed by atoms with Crippen LogP contribution in [0, 0.1) is 0 Å². The summed E-state index contributed by atoms with van der Waals surface area (Å²) in [4.78, 5) is 0. The number of hydrogen-bond acceptors (Lipinski definition) is 0. The Morgan fingerprint density at radius 3 is 2.17 bits per heavy atom. The predicted octanol–water partition coefficient (Wildman–Crippen LogP) is -2.20.